The number of para-hydroxylation sites is 2. The molecule has 6 heteroatoms. The maximum absolute atomic E-state index is 10.9. The first-order valence-corrected chi connectivity index (χ1v) is 6.83. The highest BCUT2D eigenvalue weighted by molar-refractivity contribution is 5.76. The van der Waals surface area contributed by atoms with E-state index in [2.05, 4.69) is 15.2 Å². The van der Waals surface area contributed by atoms with Gasteiger partial charge in [0.1, 0.15) is 5.52 Å². The molecule has 0 unspecified atom stereocenters. The number of carbonyl (C=O) groups excluding carboxylic acids is 1. The number of hydrogen-bond acceptors (Lipinski definition) is 5. The summed E-state index contributed by atoms with van der Waals surface area (Å²) >= 11 is 0. The predicted molar refractivity (Wildman–Crippen MR) is 76.3 cm³/mol. The van der Waals surface area contributed by atoms with E-state index in [1.54, 1.807) is 0 Å². The molecule has 0 radical (unpaired) electrons. The Bertz CT molecular complexity index is 569. The fourth-order valence-corrected chi connectivity index (χ4v) is 2.56. The first-order valence-electron chi connectivity index (χ1n) is 6.83. The van der Waals surface area contributed by atoms with E-state index in [0.29, 0.717) is 18.6 Å². The molecule has 106 valence electrons. The van der Waals surface area contributed by atoms with Crippen molar-refractivity contribution in [2.24, 2.45) is 5.73 Å². The van der Waals surface area contributed by atoms with Crippen LogP contribution in [0.2, 0.25) is 0 Å². The van der Waals surface area contributed by atoms with E-state index in [4.69, 9.17) is 10.2 Å². The van der Waals surface area contributed by atoms with Crippen LogP contribution in [-0.4, -0.2) is 41.5 Å². The molecule has 1 amide bonds. The van der Waals surface area contributed by atoms with Gasteiger partial charge in [0.2, 0.25) is 5.91 Å². The van der Waals surface area contributed by atoms with E-state index in [0.717, 1.165) is 37.0 Å². The number of aromatic nitrogens is 1. The van der Waals surface area contributed by atoms with Crippen LogP contribution in [0.1, 0.15) is 12.8 Å². The Kier molecular flexibility index (Phi) is 3.56. The van der Waals surface area contributed by atoms with Gasteiger partial charge in [0.05, 0.1) is 6.54 Å². The van der Waals surface area contributed by atoms with Gasteiger partial charge in [-0.05, 0) is 25.0 Å². The summed E-state index contributed by atoms with van der Waals surface area (Å²) in [5.41, 5.74) is 6.86. The van der Waals surface area contributed by atoms with Crippen LogP contribution in [0.4, 0.5) is 6.01 Å². The Hall–Kier alpha value is -2.08. The molecular weight excluding hydrogens is 256 g/mol. The number of primary amides is 1. The molecule has 0 atom stereocenters. The molecule has 1 saturated heterocycles. The SMILES string of the molecule is NC(=O)CN1CCC(Nc2nc3ccccc3o2)CC1. The van der Waals surface area contributed by atoms with Gasteiger partial charge in [0.25, 0.3) is 6.01 Å². The molecule has 2 heterocycles. The summed E-state index contributed by atoms with van der Waals surface area (Å²) in [6.45, 7) is 2.07. The van der Waals surface area contributed by atoms with Gasteiger partial charge in [0.15, 0.2) is 5.58 Å². The number of nitrogens with two attached hydrogens (primary N) is 1. The highest BCUT2D eigenvalue weighted by Crippen LogP contribution is 2.21. The minimum Gasteiger partial charge on any atom is -0.424 e. The molecule has 0 spiro atoms. The largest absolute Gasteiger partial charge is 0.424 e. The minimum atomic E-state index is -0.268. The van der Waals surface area contributed by atoms with Crippen LogP contribution in [0.15, 0.2) is 28.7 Å². The number of benzene rings is 1. The minimum absolute atomic E-state index is 0.268. The third-order valence-electron chi connectivity index (χ3n) is 3.59. The number of anilines is 1. The second kappa shape index (κ2) is 5.50. The molecule has 2 aromatic rings. The number of nitrogens with zero attached hydrogens (tertiary/aromatic N) is 2. The average molecular weight is 274 g/mol. The van der Waals surface area contributed by atoms with E-state index in [1.165, 1.54) is 0 Å². The molecule has 0 aliphatic carbocycles. The van der Waals surface area contributed by atoms with Crippen LogP contribution in [0.25, 0.3) is 11.1 Å². The summed E-state index contributed by atoms with van der Waals surface area (Å²) in [4.78, 5) is 17.4. The van der Waals surface area contributed by atoms with Crippen molar-refractivity contribution >= 4 is 23.0 Å². The van der Waals surface area contributed by atoms with E-state index >= 15 is 0 Å². The number of rotatable bonds is 4. The van der Waals surface area contributed by atoms with E-state index in [9.17, 15) is 4.79 Å². The van der Waals surface area contributed by atoms with Gasteiger partial charge >= 0.3 is 0 Å². The second-order valence-corrected chi connectivity index (χ2v) is 5.15. The van der Waals surface area contributed by atoms with Crippen LogP contribution in [0.3, 0.4) is 0 Å². The zero-order chi connectivity index (χ0) is 13.9. The fraction of sp³-hybridized carbons (Fsp3) is 0.429. The Morgan fingerprint density at radius 2 is 2.15 bits per heavy atom. The molecule has 0 saturated carbocycles. The van der Waals surface area contributed by atoms with E-state index in [-0.39, 0.29) is 5.91 Å². The quantitative estimate of drug-likeness (QED) is 0.875. The lowest BCUT2D eigenvalue weighted by molar-refractivity contribution is -0.119. The van der Waals surface area contributed by atoms with Gasteiger partial charge in [-0.25, -0.2) is 0 Å². The lowest BCUT2D eigenvalue weighted by Gasteiger charge is -2.30. The molecule has 1 aliphatic heterocycles. The number of piperidine rings is 1. The van der Waals surface area contributed by atoms with Crippen molar-refractivity contribution in [1.29, 1.82) is 0 Å². The number of likely N-dealkylation sites (tertiary alicyclic amines) is 1. The van der Waals surface area contributed by atoms with Crippen molar-refractivity contribution < 1.29 is 9.21 Å². The number of carbonyl (C=O) groups is 1. The third-order valence-corrected chi connectivity index (χ3v) is 3.59. The number of oxazole rings is 1. The average Bonchev–Trinajstić information content (AvgIpc) is 2.82. The molecule has 3 rings (SSSR count). The lowest BCUT2D eigenvalue weighted by Crippen LogP contribution is -2.42. The summed E-state index contributed by atoms with van der Waals surface area (Å²) < 4.78 is 5.65. The molecule has 1 aromatic heterocycles. The molecule has 6 nitrogen and oxygen atoms in total. The zero-order valence-corrected chi connectivity index (χ0v) is 11.2. The molecule has 3 N–H and O–H groups in total. The van der Waals surface area contributed by atoms with Crippen LogP contribution >= 0.6 is 0 Å². The fourth-order valence-electron chi connectivity index (χ4n) is 2.56. The zero-order valence-electron chi connectivity index (χ0n) is 11.2. The van der Waals surface area contributed by atoms with Crippen molar-refractivity contribution in [1.82, 2.24) is 9.88 Å². The van der Waals surface area contributed by atoms with Crippen LogP contribution in [0, 0.1) is 0 Å². The van der Waals surface area contributed by atoms with Crippen LogP contribution in [0.5, 0.6) is 0 Å². The van der Waals surface area contributed by atoms with Gasteiger partial charge < -0.3 is 15.5 Å². The van der Waals surface area contributed by atoms with Crippen molar-refractivity contribution in [3.8, 4) is 0 Å². The molecule has 1 aliphatic rings. The first kappa shape index (κ1) is 12.9. The number of nitrogens with one attached hydrogen (secondary N) is 1. The van der Waals surface area contributed by atoms with E-state index in [1.807, 2.05) is 24.3 Å². The monoisotopic (exact) mass is 274 g/mol. The third kappa shape index (κ3) is 2.91. The maximum Gasteiger partial charge on any atom is 0.295 e. The number of fused-ring (bicyclic) bond motifs is 1. The van der Waals surface area contributed by atoms with Crippen molar-refractivity contribution in [3.05, 3.63) is 24.3 Å². The van der Waals surface area contributed by atoms with Crippen molar-refractivity contribution in [2.45, 2.75) is 18.9 Å². The second-order valence-electron chi connectivity index (χ2n) is 5.15. The van der Waals surface area contributed by atoms with Crippen LogP contribution < -0.4 is 11.1 Å². The highest BCUT2D eigenvalue weighted by Gasteiger charge is 2.21. The van der Waals surface area contributed by atoms with Gasteiger partial charge in [0, 0.05) is 19.1 Å². The molecule has 1 fully saturated rings. The van der Waals surface area contributed by atoms with E-state index < -0.39 is 0 Å². The molecule has 1 aromatic carbocycles. The van der Waals surface area contributed by atoms with Crippen molar-refractivity contribution in [3.63, 3.8) is 0 Å². The van der Waals surface area contributed by atoms with Crippen molar-refractivity contribution in [2.75, 3.05) is 25.0 Å². The lowest BCUT2D eigenvalue weighted by atomic mass is 10.1. The van der Waals surface area contributed by atoms with Gasteiger partial charge in [-0.15, -0.1) is 0 Å². The number of hydrogen-bond donors (Lipinski definition) is 2. The Balaban J connectivity index is 1.58. The number of amides is 1. The molecule has 0 bridgehead atoms. The predicted octanol–water partition coefficient (Wildman–Crippen LogP) is 1.19. The van der Waals surface area contributed by atoms with Gasteiger partial charge in [-0.3, -0.25) is 9.69 Å². The normalized spacial score (nSPS) is 17.4. The highest BCUT2D eigenvalue weighted by atomic mass is 16.4. The summed E-state index contributed by atoms with van der Waals surface area (Å²) in [7, 11) is 0. The maximum atomic E-state index is 10.9. The van der Waals surface area contributed by atoms with Crippen LogP contribution in [-0.2, 0) is 4.79 Å². The molecular formula is C14H18N4O2. The smallest absolute Gasteiger partial charge is 0.295 e. The summed E-state index contributed by atoms with van der Waals surface area (Å²) in [5.74, 6) is -0.268. The Labute approximate surface area is 116 Å². The Morgan fingerprint density at radius 1 is 1.40 bits per heavy atom. The van der Waals surface area contributed by atoms with Gasteiger partial charge in [-0.1, -0.05) is 12.1 Å². The van der Waals surface area contributed by atoms with Gasteiger partial charge in [-0.2, -0.15) is 4.98 Å². The first-order chi connectivity index (χ1) is 9.70. The molecule has 20 heavy (non-hydrogen) atoms. The standard InChI is InChI=1S/C14H18N4O2/c15-13(19)9-18-7-5-10(6-8-18)16-14-17-11-3-1-2-4-12(11)20-14/h1-4,10H,5-9H2,(H2,15,19)(H,16,17). The summed E-state index contributed by atoms with van der Waals surface area (Å²) in [6, 6.07) is 8.60. The summed E-state index contributed by atoms with van der Waals surface area (Å²) in [6.07, 6.45) is 1.90. The topological polar surface area (TPSA) is 84.4 Å². The summed E-state index contributed by atoms with van der Waals surface area (Å²) in [5, 5.41) is 3.32. The Morgan fingerprint density at radius 3 is 2.85 bits per heavy atom.